The number of nitrogens with one attached hydrogen (secondary N) is 2. The van der Waals surface area contributed by atoms with Crippen LogP contribution in [0.15, 0.2) is 6.33 Å². The van der Waals surface area contributed by atoms with Crippen LogP contribution in [-0.2, 0) is 0 Å². The van der Waals surface area contributed by atoms with E-state index in [0.29, 0.717) is 36.0 Å². The van der Waals surface area contributed by atoms with Crippen molar-refractivity contribution < 1.29 is 9.84 Å². The van der Waals surface area contributed by atoms with Gasteiger partial charge in [-0.25, -0.2) is 4.98 Å². The van der Waals surface area contributed by atoms with Gasteiger partial charge in [-0.1, -0.05) is 6.92 Å². The highest BCUT2D eigenvalue weighted by molar-refractivity contribution is 5.76. The lowest BCUT2D eigenvalue weighted by atomic mass is 10.4. The molecule has 0 aliphatic heterocycles. The van der Waals surface area contributed by atoms with Gasteiger partial charge in [-0.05, 0) is 6.42 Å². The summed E-state index contributed by atoms with van der Waals surface area (Å²) in [5, 5.41) is 11.8. The van der Waals surface area contributed by atoms with Crippen molar-refractivity contribution >= 4 is 17.1 Å². The highest BCUT2D eigenvalue weighted by atomic mass is 16.5. The summed E-state index contributed by atoms with van der Waals surface area (Å²) in [6, 6.07) is 0. The molecule has 0 radical (unpaired) electrons. The number of rotatable bonds is 7. The number of H-pyrrole nitrogens is 1. The fourth-order valence-corrected chi connectivity index (χ4v) is 1.46. The number of hydrogen-bond acceptors (Lipinski definition) is 6. The van der Waals surface area contributed by atoms with E-state index in [1.807, 2.05) is 0 Å². The van der Waals surface area contributed by atoms with Crippen LogP contribution in [0, 0.1) is 0 Å². The second kappa shape index (κ2) is 6.15. The molecule has 2 aromatic heterocycles. The first-order valence-corrected chi connectivity index (χ1v) is 6.03. The molecule has 0 unspecified atom stereocenters. The third-order valence-electron chi connectivity index (χ3n) is 2.33. The zero-order valence-corrected chi connectivity index (χ0v) is 10.3. The van der Waals surface area contributed by atoms with Gasteiger partial charge in [-0.3, -0.25) is 0 Å². The average molecular weight is 251 g/mol. The summed E-state index contributed by atoms with van der Waals surface area (Å²) < 4.78 is 5.52. The normalized spacial score (nSPS) is 10.8. The van der Waals surface area contributed by atoms with Crippen LogP contribution in [0.3, 0.4) is 0 Å². The minimum absolute atomic E-state index is 0.0954. The topological polar surface area (TPSA) is 96.0 Å². The lowest BCUT2D eigenvalue weighted by Crippen LogP contribution is -2.07. The number of anilines is 1. The van der Waals surface area contributed by atoms with Crippen molar-refractivity contribution in [1.82, 2.24) is 19.9 Å². The number of ether oxygens (including phenoxy) is 1. The third-order valence-corrected chi connectivity index (χ3v) is 2.33. The molecule has 18 heavy (non-hydrogen) atoms. The van der Waals surface area contributed by atoms with Gasteiger partial charge in [-0.15, -0.1) is 0 Å². The van der Waals surface area contributed by atoms with Gasteiger partial charge >= 0.3 is 0 Å². The molecule has 0 atom stereocenters. The number of hydrogen-bond donors (Lipinski definition) is 3. The van der Waals surface area contributed by atoms with Gasteiger partial charge in [-0.2, -0.15) is 9.97 Å². The van der Waals surface area contributed by atoms with Crippen LogP contribution in [0.1, 0.15) is 19.8 Å². The molecule has 0 saturated carbocycles. The van der Waals surface area contributed by atoms with Crippen molar-refractivity contribution in [3.8, 4) is 5.88 Å². The van der Waals surface area contributed by atoms with Crippen molar-refractivity contribution in [3.05, 3.63) is 6.33 Å². The van der Waals surface area contributed by atoms with E-state index in [9.17, 15) is 0 Å². The number of imidazole rings is 1. The number of nitrogens with zero attached hydrogens (tertiary/aromatic N) is 3. The van der Waals surface area contributed by atoms with Gasteiger partial charge < -0.3 is 20.1 Å². The molecule has 0 aliphatic carbocycles. The molecular weight excluding hydrogens is 234 g/mol. The molecule has 7 nitrogen and oxygen atoms in total. The molecule has 7 heteroatoms. The van der Waals surface area contributed by atoms with Crippen LogP contribution >= 0.6 is 0 Å². The van der Waals surface area contributed by atoms with E-state index in [-0.39, 0.29) is 6.61 Å². The molecule has 0 spiro atoms. The first-order valence-electron chi connectivity index (χ1n) is 6.03. The second-order valence-corrected chi connectivity index (χ2v) is 3.81. The fraction of sp³-hybridized carbons (Fsp3) is 0.545. The highest BCUT2D eigenvalue weighted by Crippen LogP contribution is 2.20. The first-order chi connectivity index (χ1) is 8.85. The van der Waals surface area contributed by atoms with Gasteiger partial charge in [0.25, 0.3) is 0 Å². The molecule has 3 N–H and O–H groups in total. The SMILES string of the molecule is CCCNc1nc(OCCCO)c2[nH]cnc2n1. The van der Waals surface area contributed by atoms with Gasteiger partial charge in [0.15, 0.2) is 5.65 Å². The molecular formula is C11H17N5O2. The summed E-state index contributed by atoms with van der Waals surface area (Å²) in [7, 11) is 0. The molecule has 0 aliphatic rings. The van der Waals surface area contributed by atoms with E-state index in [0.717, 1.165) is 13.0 Å². The Hall–Kier alpha value is -1.89. The molecule has 0 aromatic carbocycles. The van der Waals surface area contributed by atoms with Crippen LogP contribution in [0.4, 0.5) is 5.95 Å². The minimum Gasteiger partial charge on any atom is -0.476 e. The predicted molar refractivity (Wildman–Crippen MR) is 67.7 cm³/mol. The Balaban J connectivity index is 2.21. The number of aliphatic hydroxyl groups excluding tert-OH is 1. The van der Waals surface area contributed by atoms with Crippen molar-refractivity contribution in [2.45, 2.75) is 19.8 Å². The molecule has 0 fully saturated rings. The van der Waals surface area contributed by atoms with Crippen molar-refractivity contribution in [2.75, 3.05) is 25.1 Å². The summed E-state index contributed by atoms with van der Waals surface area (Å²) in [5.41, 5.74) is 1.25. The Morgan fingerprint density at radius 1 is 1.44 bits per heavy atom. The number of fused-ring (bicyclic) bond motifs is 1. The monoisotopic (exact) mass is 251 g/mol. The molecule has 0 saturated heterocycles. The summed E-state index contributed by atoms with van der Waals surface area (Å²) in [6.07, 6.45) is 3.11. The van der Waals surface area contributed by atoms with Crippen LogP contribution in [0.25, 0.3) is 11.2 Å². The smallest absolute Gasteiger partial charge is 0.245 e. The number of aromatic nitrogens is 4. The maximum atomic E-state index is 8.74. The van der Waals surface area contributed by atoms with E-state index in [2.05, 4.69) is 32.2 Å². The largest absolute Gasteiger partial charge is 0.476 e. The Bertz CT molecular complexity index is 499. The highest BCUT2D eigenvalue weighted by Gasteiger charge is 2.10. The number of aromatic amines is 1. The standard InChI is InChI=1S/C11H17N5O2/c1-2-4-12-11-15-9-8(13-7-14-9)10(16-11)18-6-3-5-17/h7,17H,2-6H2,1H3,(H2,12,13,14,15,16). The molecule has 2 rings (SSSR count). The van der Waals surface area contributed by atoms with E-state index < -0.39 is 0 Å². The molecule has 98 valence electrons. The summed E-state index contributed by atoms with van der Waals surface area (Å²) in [6.45, 7) is 3.37. The van der Waals surface area contributed by atoms with Crippen molar-refractivity contribution in [1.29, 1.82) is 0 Å². The van der Waals surface area contributed by atoms with E-state index in [1.54, 1.807) is 6.33 Å². The first kappa shape index (κ1) is 12.6. The summed E-state index contributed by atoms with van der Waals surface area (Å²) in [5.74, 6) is 0.972. The minimum atomic E-state index is 0.0954. The van der Waals surface area contributed by atoms with Gasteiger partial charge in [0, 0.05) is 19.6 Å². The quantitative estimate of drug-likeness (QED) is 0.634. The van der Waals surface area contributed by atoms with Crippen LogP contribution in [0.5, 0.6) is 5.88 Å². The Labute approximate surface area is 105 Å². The van der Waals surface area contributed by atoms with E-state index in [4.69, 9.17) is 9.84 Å². The Morgan fingerprint density at radius 2 is 2.33 bits per heavy atom. The molecule has 2 aromatic rings. The zero-order chi connectivity index (χ0) is 12.8. The maximum Gasteiger partial charge on any atom is 0.245 e. The summed E-state index contributed by atoms with van der Waals surface area (Å²) in [4.78, 5) is 15.6. The van der Waals surface area contributed by atoms with Gasteiger partial charge in [0.1, 0.15) is 5.52 Å². The van der Waals surface area contributed by atoms with Crippen molar-refractivity contribution in [3.63, 3.8) is 0 Å². The molecule has 2 heterocycles. The molecule has 0 bridgehead atoms. The van der Waals surface area contributed by atoms with E-state index >= 15 is 0 Å². The maximum absolute atomic E-state index is 8.74. The summed E-state index contributed by atoms with van der Waals surface area (Å²) >= 11 is 0. The lowest BCUT2D eigenvalue weighted by Gasteiger charge is -2.07. The molecule has 0 amide bonds. The fourth-order valence-electron chi connectivity index (χ4n) is 1.46. The third kappa shape index (κ3) is 2.86. The average Bonchev–Trinajstić information content (AvgIpc) is 2.85. The second-order valence-electron chi connectivity index (χ2n) is 3.81. The van der Waals surface area contributed by atoms with Crippen molar-refractivity contribution in [2.24, 2.45) is 0 Å². The van der Waals surface area contributed by atoms with Crippen LogP contribution in [-0.4, -0.2) is 44.8 Å². The van der Waals surface area contributed by atoms with E-state index in [1.165, 1.54) is 0 Å². The predicted octanol–water partition coefficient (Wildman–Crippen LogP) is 0.936. The van der Waals surface area contributed by atoms with Gasteiger partial charge in [0.2, 0.25) is 11.8 Å². The number of aliphatic hydroxyl groups is 1. The Morgan fingerprint density at radius 3 is 3.11 bits per heavy atom. The zero-order valence-electron chi connectivity index (χ0n) is 10.3. The van der Waals surface area contributed by atoms with Gasteiger partial charge in [0.05, 0.1) is 12.9 Å². The van der Waals surface area contributed by atoms with Crippen LogP contribution < -0.4 is 10.1 Å². The van der Waals surface area contributed by atoms with Crippen LogP contribution in [0.2, 0.25) is 0 Å². The Kier molecular flexibility index (Phi) is 4.30. The lowest BCUT2D eigenvalue weighted by molar-refractivity contribution is 0.230.